The number of nitrogen functional groups attached to an aromatic ring is 1. The Labute approximate surface area is 128 Å². The summed E-state index contributed by atoms with van der Waals surface area (Å²) in [6.07, 6.45) is 4.01. The molecule has 7 heteroatoms. The molecule has 0 bridgehead atoms. The van der Waals surface area contributed by atoms with Gasteiger partial charge in [0, 0.05) is 21.3 Å². The van der Waals surface area contributed by atoms with Crippen molar-refractivity contribution in [1.29, 1.82) is 0 Å². The van der Waals surface area contributed by atoms with Crippen molar-refractivity contribution >= 4 is 37.7 Å². The van der Waals surface area contributed by atoms with Crippen molar-refractivity contribution in [2.75, 3.05) is 5.73 Å². The van der Waals surface area contributed by atoms with E-state index in [1.165, 1.54) is 0 Å². The minimum absolute atomic E-state index is 0.144. The Morgan fingerprint density at radius 1 is 1.32 bits per heavy atom. The van der Waals surface area contributed by atoms with Gasteiger partial charge in [0.05, 0.1) is 11.7 Å². The third-order valence-corrected chi connectivity index (χ3v) is 3.79. The van der Waals surface area contributed by atoms with Crippen molar-refractivity contribution in [2.45, 2.75) is 12.5 Å². The highest BCUT2D eigenvalue weighted by atomic mass is 79.9. The van der Waals surface area contributed by atoms with E-state index in [1.54, 1.807) is 12.4 Å². The first-order valence-corrected chi connectivity index (χ1v) is 7.17. The van der Waals surface area contributed by atoms with Crippen LogP contribution in [0.4, 0.5) is 5.82 Å². The van der Waals surface area contributed by atoms with Gasteiger partial charge in [-0.25, -0.2) is 4.98 Å². The SMILES string of the molecule is NNC(Cc1cccnc1N)c1ncc(Br)cc1Br. The topological polar surface area (TPSA) is 89.8 Å². The van der Waals surface area contributed by atoms with Crippen LogP contribution < -0.4 is 17.0 Å². The molecule has 0 amide bonds. The molecule has 2 aromatic heterocycles. The van der Waals surface area contributed by atoms with E-state index in [1.807, 2.05) is 18.2 Å². The van der Waals surface area contributed by atoms with Crippen LogP contribution in [0.1, 0.15) is 17.3 Å². The number of hydrogen-bond acceptors (Lipinski definition) is 5. The second-order valence-corrected chi connectivity index (χ2v) is 5.76. The van der Waals surface area contributed by atoms with Gasteiger partial charge in [0.1, 0.15) is 5.82 Å². The minimum Gasteiger partial charge on any atom is -0.383 e. The quantitative estimate of drug-likeness (QED) is 0.554. The molecular weight excluding hydrogens is 374 g/mol. The zero-order valence-electron chi connectivity index (χ0n) is 9.98. The number of rotatable bonds is 4. The lowest BCUT2D eigenvalue weighted by Crippen LogP contribution is -2.30. The summed E-state index contributed by atoms with van der Waals surface area (Å²) in [7, 11) is 0. The number of hydrogen-bond donors (Lipinski definition) is 3. The van der Waals surface area contributed by atoms with Crippen LogP contribution in [0.25, 0.3) is 0 Å². The fraction of sp³-hybridized carbons (Fsp3) is 0.167. The lowest BCUT2D eigenvalue weighted by molar-refractivity contribution is 0.536. The predicted molar refractivity (Wildman–Crippen MR) is 82.1 cm³/mol. The molecule has 0 spiro atoms. The molecule has 5 N–H and O–H groups in total. The van der Waals surface area contributed by atoms with Crippen LogP contribution in [-0.2, 0) is 6.42 Å². The molecule has 1 unspecified atom stereocenters. The Bertz CT molecular complexity index is 576. The molecule has 0 aliphatic heterocycles. The maximum absolute atomic E-state index is 5.84. The molecule has 19 heavy (non-hydrogen) atoms. The number of aromatic nitrogens is 2. The monoisotopic (exact) mass is 385 g/mol. The third kappa shape index (κ3) is 3.50. The molecule has 5 nitrogen and oxygen atoms in total. The Balaban J connectivity index is 2.28. The van der Waals surface area contributed by atoms with E-state index in [4.69, 9.17) is 11.6 Å². The average molecular weight is 387 g/mol. The second-order valence-electron chi connectivity index (χ2n) is 3.99. The maximum atomic E-state index is 5.84. The lowest BCUT2D eigenvalue weighted by Gasteiger charge is -2.17. The number of anilines is 1. The molecule has 0 aliphatic rings. The number of nitrogens with zero attached hydrogens (tertiary/aromatic N) is 2. The first-order chi connectivity index (χ1) is 9.11. The first-order valence-electron chi connectivity index (χ1n) is 5.58. The molecular formula is C12H13Br2N5. The first kappa shape index (κ1) is 14.4. The normalized spacial score (nSPS) is 12.4. The van der Waals surface area contributed by atoms with Crippen molar-refractivity contribution < 1.29 is 0 Å². The van der Waals surface area contributed by atoms with Crippen LogP contribution in [0, 0.1) is 0 Å². The second kappa shape index (κ2) is 6.42. The highest BCUT2D eigenvalue weighted by molar-refractivity contribution is 9.11. The van der Waals surface area contributed by atoms with E-state index in [0.29, 0.717) is 12.2 Å². The number of nitrogens with two attached hydrogens (primary N) is 2. The summed E-state index contributed by atoms with van der Waals surface area (Å²) in [5.41, 5.74) is 10.4. The lowest BCUT2D eigenvalue weighted by atomic mass is 10.0. The molecule has 0 saturated carbocycles. The number of halogens is 2. The third-order valence-electron chi connectivity index (χ3n) is 2.72. The Hall–Kier alpha value is -1.02. The summed E-state index contributed by atoms with van der Waals surface area (Å²) < 4.78 is 1.78. The van der Waals surface area contributed by atoms with E-state index >= 15 is 0 Å². The fourth-order valence-electron chi connectivity index (χ4n) is 1.76. The standard InChI is InChI=1S/C12H13Br2N5/c13-8-5-9(14)11(18-6-8)10(19-16)4-7-2-1-3-17-12(7)15/h1-3,5-6,10,19H,4,16H2,(H2,15,17). The maximum Gasteiger partial charge on any atom is 0.126 e. The van der Waals surface area contributed by atoms with Crippen LogP contribution in [0.3, 0.4) is 0 Å². The van der Waals surface area contributed by atoms with E-state index in [0.717, 1.165) is 20.2 Å². The average Bonchev–Trinajstić information content (AvgIpc) is 2.39. The number of nitrogens with one attached hydrogen (secondary N) is 1. The van der Waals surface area contributed by atoms with E-state index in [-0.39, 0.29) is 6.04 Å². The molecule has 0 fully saturated rings. The fourth-order valence-corrected chi connectivity index (χ4v) is 3.02. The molecule has 0 saturated heterocycles. The van der Waals surface area contributed by atoms with Crippen molar-refractivity contribution in [3.63, 3.8) is 0 Å². The zero-order chi connectivity index (χ0) is 13.8. The van der Waals surface area contributed by atoms with E-state index in [9.17, 15) is 0 Å². The highest BCUT2D eigenvalue weighted by Gasteiger charge is 2.17. The molecule has 2 heterocycles. The number of hydrazine groups is 1. The summed E-state index contributed by atoms with van der Waals surface area (Å²) in [6, 6.07) is 5.57. The Kier molecular flexibility index (Phi) is 4.87. The zero-order valence-corrected chi connectivity index (χ0v) is 13.1. The summed E-state index contributed by atoms with van der Waals surface area (Å²) in [4.78, 5) is 8.44. The number of pyridine rings is 2. The summed E-state index contributed by atoms with van der Waals surface area (Å²) in [6.45, 7) is 0. The highest BCUT2D eigenvalue weighted by Crippen LogP contribution is 2.27. The van der Waals surface area contributed by atoms with Gasteiger partial charge in [-0.1, -0.05) is 6.07 Å². The van der Waals surface area contributed by atoms with E-state index in [2.05, 4.69) is 47.3 Å². The summed E-state index contributed by atoms with van der Waals surface area (Å²) >= 11 is 6.86. The van der Waals surface area contributed by atoms with Crippen LogP contribution in [0.5, 0.6) is 0 Å². The van der Waals surface area contributed by atoms with Gasteiger partial charge in [-0.05, 0) is 56.0 Å². The Morgan fingerprint density at radius 3 is 2.74 bits per heavy atom. The van der Waals surface area contributed by atoms with Gasteiger partial charge in [0.25, 0.3) is 0 Å². The van der Waals surface area contributed by atoms with Crippen molar-refractivity contribution in [2.24, 2.45) is 5.84 Å². The van der Waals surface area contributed by atoms with Crippen LogP contribution in [-0.4, -0.2) is 9.97 Å². The smallest absolute Gasteiger partial charge is 0.126 e. The van der Waals surface area contributed by atoms with Gasteiger partial charge in [0.2, 0.25) is 0 Å². The van der Waals surface area contributed by atoms with Gasteiger partial charge in [0.15, 0.2) is 0 Å². The summed E-state index contributed by atoms with van der Waals surface area (Å²) in [5, 5.41) is 0. The summed E-state index contributed by atoms with van der Waals surface area (Å²) in [5.74, 6) is 6.14. The molecule has 0 aromatic carbocycles. The molecule has 0 radical (unpaired) electrons. The van der Waals surface area contributed by atoms with E-state index < -0.39 is 0 Å². The minimum atomic E-state index is -0.144. The van der Waals surface area contributed by atoms with Gasteiger partial charge in [-0.2, -0.15) is 0 Å². The van der Waals surface area contributed by atoms with Crippen LogP contribution in [0.2, 0.25) is 0 Å². The van der Waals surface area contributed by atoms with Crippen LogP contribution in [0.15, 0.2) is 39.5 Å². The predicted octanol–water partition coefficient (Wildman–Crippen LogP) is 2.33. The van der Waals surface area contributed by atoms with Gasteiger partial charge >= 0.3 is 0 Å². The largest absolute Gasteiger partial charge is 0.383 e. The van der Waals surface area contributed by atoms with Crippen molar-refractivity contribution in [1.82, 2.24) is 15.4 Å². The molecule has 100 valence electrons. The van der Waals surface area contributed by atoms with Crippen molar-refractivity contribution in [3.05, 3.63) is 50.8 Å². The van der Waals surface area contributed by atoms with Gasteiger partial charge in [-0.3, -0.25) is 16.3 Å². The molecule has 0 aliphatic carbocycles. The van der Waals surface area contributed by atoms with Gasteiger partial charge in [-0.15, -0.1) is 0 Å². The molecule has 2 aromatic rings. The molecule has 2 rings (SSSR count). The van der Waals surface area contributed by atoms with Gasteiger partial charge < -0.3 is 5.73 Å². The molecule has 1 atom stereocenters. The van der Waals surface area contributed by atoms with Crippen LogP contribution >= 0.6 is 31.9 Å². The Morgan fingerprint density at radius 2 is 2.11 bits per heavy atom. The van der Waals surface area contributed by atoms with Crippen molar-refractivity contribution in [3.8, 4) is 0 Å².